The number of amides is 1. The summed E-state index contributed by atoms with van der Waals surface area (Å²) in [7, 11) is 2.88. The van der Waals surface area contributed by atoms with Gasteiger partial charge in [0, 0.05) is 14.1 Å². The van der Waals surface area contributed by atoms with Crippen molar-refractivity contribution < 1.29 is 4.79 Å². The zero-order valence-electron chi connectivity index (χ0n) is 13.3. The summed E-state index contributed by atoms with van der Waals surface area (Å²) in [5.41, 5.74) is -0.274. The number of fused-ring (bicyclic) bond motifs is 1. The number of hydrogen-bond donors (Lipinski definition) is 1. The molecule has 1 amide bonds. The first kappa shape index (κ1) is 17.2. The van der Waals surface area contributed by atoms with Gasteiger partial charge in [0.15, 0.2) is 11.2 Å². The Labute approximate surface area is 151 Å². The third-order valence-electron chi connectivity index (χ3n) is 3.76. The lowest BCUT2D eigenvalue weighted by Gasteiger charge is -2.09. The monoisotopic (exact) mass is 381 g/mol. The van der Waals surface area contributed by atoms with Crippen molar-refractivity contribution >= 4 is 46.0 Å². The summed E-state index contributed by atoms with van der Waals surface area (Å²) in [6.07, 6.45) is 1.34. The standard InChI is InChI=1S/C15H13Cl2N5O3/c1-20-13-12(14(24)21(2)15(20)25)22(7-18-13)6-10(23)19-9-5-3-4-8(16)11(9)17/h3-5,7H,6H2,1-2H3,(H,19,23). The number of carbonyl (C=O) groups excluding carboxylic acids is 1. The van der Waals surface area contributed by atoms with Gasteiger partial charge in [0.2, 0.25) is 5.91 Å². The molecule has 0 radical (unpaired) electrons. The van der Waals surface area contributed by atoms with Crippen LogP contribution in [0, 0.1) is 0 Å². The lowest BCUT2D eigenvalue weighted by Crippen LogP contribution is -2.37. The summed E-state index contributed by atoms with van der Waals surface area (Å²) in [5, 5.41) is 3.18. The number of halogens is 2. The molecular weight excluding hydrogens is 369 g/mol. The molecule has 2 heterocycles. The number of nitrogens with one attached hydrogen (secondary N) is 1. The molecular formula is C15H13Cl2N5O3. The molecule has 8 nitrogen and oxygen atoms in total. The molecule has 0 bridgehead atoms. The molecule has 2 aromatic heterocycles. The Morgan fingerprint density at radius 3 is 2.64 bits per heavy atom. The fourth-order valence-electron chi connectivity index (χ4n) is 2.46. The molecule has 10 heteroatoms. The highest BCUT2D eigenvalue weighted by Crippen LogP contribution is 2.29. The van der Waals surface area contributed by atoms with Crippen LogP contribution in [0.25, 0.3) is 11.2 Å². The predicted molar refractivity (Wildman–Crippen MR) is 95.3 cm³/mol. The number of carbonyl (C=O) groups is 1. The van der Waals surface area contributed by atoms with Crippen LogP contribution in [0.3, 0.4) is 0 Å². The second-order valence-electron chi connectivity index (χ2n) is 5.40. The average Bonchev–Trinajstić information content (AvgIpc) is 2.99. The second kappa shape index (κ2) is 6.38. The molecule has 0 aliphatic carbocycles. The summed E-state index contributed by atoms with van der Waals surface area (Å²) in [6, 6.07) is 4.87. The van der Waals surface area contributed by atoms with Gasteiger partial charge in [0.1, 0.15) is 6.54 Å². The highest BCUT2D eigenvalue weighted by Gasteiger charge is 2.16. The van der Waals surface area contributed by atoms with Crippen LogP contribution in [0.1, 0.15) is 0 Å². The normalized spacial score (nSPS) is 11.0. The molecule has 3 aromatic rings. The van der Waals surface area contributed by atoms with E-state index >= 15 is 0 Å². The van der Waals surface area contributed by atoms with E-state index in [0.29, 0.717) is 10.7 Å². The minimum Gasteiger partial charge on any atom is -0.323 e. The predicted octanol–water partition coefficient (Wildman–Crippen LogP) is 1.38. The number of benzene rings is 1. The molecule has 0 atom stereocenters. The first-order valence-corrected chi connectivity index (χ1v) is 7.91. The van der Waals surface area contributed by atoms with Crippen molar-refractivity contribution in [1.29, 1.82) is 0 Å². The summed E-state index contributed by atoms with van der Waals surface area (Å²) < 4.78 is 3.59. The number of hydrogen-bond acceptors (Lipinski definition) is 4. The molecule has 0 aliphatic rings. The molecule has 0 aliphatic heterocycles. The Morgan fingerprint density at radius 2 is 1.92 bits per heavy atom. The Balaban J connectivity index is 1.96. The quantitative estimate of drug-likeness (QED) is 0.741. The van der Waals surface area contributed by atoms with Gasteiger partial charge in [-0.15, -0.1) is 0 Å². The molecule has 0 saturated carbocycles. The van der Waals surface area contributed by atoms with E-state index in [-0.39, 0.29) is 22.7 Å². The van der Waals surface area contributed by atoms with Crippen LogP contribution in [0.4, 0.5) is 5.69 Å². The Hall–Kier alpha value is -2.58. The lowest BCUT2D eigenvalue weighted by atomic mass is 10.3. The highest BCUT2D eigenvalue weighted by atomic mass is 35.5. The summed E-state index contributed by atoms with van der Waals surface area (Å²) in [4.78, 5) is 40.6. The molecule has 0 fully saturated rings. The number of imidazole rings is 1. The van der Waals surface area contributed by atoms with Gasteiger partial charge in [-0.05, 0) is 12.1 Å². The summed E-state index contributed by atoms with van der Waals surface area (Å²) in [6.45, 7) is -0.174. The second-order valence-corrected chi connectivity index (χ2v) is 6.19. The van der Waals surface area contributed by atoms with E-state index in [4.69, 9.17) is 23.2 Å². The van der Waals surface area contributed by atoms with Gasteiger partial charge in [0.25, 0.3) is 5.56 Å². The fraction of sp³-hybridized carbons (Fsp3) is 0.200. The van der Waals surface area contributed by atoms with Crippen molar-refractivity contribution in [2.45, 2.75) is 6.54 Å². The fourth-order valence-corrected chi connectivity index (χ4v) is 2.81. The Morgan fingerprint density at radius 1 is 1.20 bits per heavy atom. The van der Waals surface area contributed by atoms with Gasteiger partial charge in [-0.1, -0.05) is 29.3 Å². The third-order valence-corrected chi connectivity index (χ3v) is 4.58. The van der Waals surface area contributed by atoms with E-state index in [1.54, 1.807) is 18.2 Å². The molecule has 0 saturated heterocycles. The molecule has 0 spiro atoms. The lowest BCUT2D eigenvalue weighted by molar-refractivity contribution is -0.116. The Bertz CT molecular complexity index is 1110. The molecule has 1 aromatic carbocycles. The Kier molecular flexibility index (Phi) is 4.40. The smallest absolute Gasteiger partial charge is 0.323 e. The number of rotatable bonds is 3. The maximum Gasteiger partial charge on any atom is 0.332 e. The first-order chi connectivity index (χ1) is 11.8. The van der Waals surface area contributed by atoms with Crippen molar-refractivity contribution in [3.63, 3.8) is 0 Å². The van der Waals surface area contributed by atoms with Gasteiger partial charge >= 0.3 is 5.69 Å². The van der Waals surface area contributed by atoms with Gasteiger partial charge in [-0.2, -0.15) is 0 Å². The third kappa shape index (κ3) is 2.94. The minimum absolute atomic E-state index is 0.164. The number of aromatic nitrogens is 4. The van der Waals surface area contributed by atoms with Crippen molar-refractivity contribution in [3.05, 3.63) is 55.4 Å². The molecule has 25 heavy (non-hydrogen) atoms. The van der Waals surface area contributed by atoms with Crippen LogP contribution >= 0.6 is 23.2 Å². The van der Waals surface area contributed by atoms with Crippen LogP contribution in [-0.2, 0) is 25.4 Å². The molecule has 130 valence electrons. The highest BCUT2D eigenvalue weighted by molar-refractivity contribution is 6.43. The SMILES string of the molecule is Cn1c(=O)c2c(ncn2CC(=O)Nc2cccc(Cl)c2Cl)n(C)c1=O. The number of nitrogens with zero attached hydrogens (tertiary/aromatic N) is 4. The van der Waals surface area contributed by atoms with Crippen molar-refractivity contribution in [2.24, 2.45) is 14.1 Å². The molecule has 0 unspecified atom stereocenters. The maximum atomic E-state index is 12.3. The van der Waals surface area contributed by atoms with Crippen LogP contribution in [0.2, 0.25) is 10.0 Å². The van der Waals surface area contributed by atoms with Crippen molar-refractivity contribution in [2.75, 3.05) is 5.32 Å². The maximum absolute atomic E-state index is 12.3. The van der Waals surface area contributed by atoms with E-state index in [1.807, 2.05) is 0 Å². The van der Waals surface area contributed by atoms with Crippen LogP contribution in [-0.4, -0.2) is 24.6 Å². The van der Waals surface area contributed by atoms with Gasteiger partial charge < -0.3 is 9.88 Å². The van der Waals surface area contributed by atoms with E-state index in [1.165, 1.54) is 29.6 Å². The average molecular weight is 382 g/mol. The minimum atomic E-state index is -0.524. The van der Waals surface area contributed by atoms with Crippen LogP contribution in [0.15, 0.2) is 34.1 Å². The van der Waals surface area contributed by atoms with E-state index in [2.05, 4.69) is 10.3 Å². The van der Waals surface area contributed by atoms with Crippen molar-refractivity contribution in [1.82, 2.24) is 18.7 Å². The zero-order valence-corrected chi connectivity index (χ0v) is 14.8. The van der Waals surface area contributed by atoms with Crippen LogP contribution < -0.4 is 16.6 Å². The number of anilines is 1. The van der Waals surface area contributed by atoms with E-state index in [0.717, 1.165) is 4.57 Å². The zero-order chi connectivity index (χ0) is 18.3. The van der Waals surface area contributed by atoms with Gasteiger partial charge in [-0.3, -0.25) is 18.7 Å². The summed E-state index contributed by atoms with van der Waals surface area (Å²) in [5.74, 6) is -0.417. The van der Waals surface area contributed by atoms with E-state index in [9.17, 15) is 14.4 Å². The molecule has 3 rings (SSSR count). The van der Waals surface area contributed by atoms with E-state index < -0.39 is 17.2 Å². The number of aryl methyl sites for hydroxylation is 1. The van der Waals surface area contributed by atoms with Gasteiger partial charge in [-0.25, -0.2) is 9.78 Å². The van der Waals surface area contributed by atoms with Crippen molar-refractivity contribution in [3.8, 4) is 0 Å². The largest absolute Gasteiger partial charge is 0.332 e. The van der Waals surface area contributed by atoms with Crippen LogP contribution in [0.5, 0.6) is 0 Å². The first-order valence-electron chi connectivity index (χ1n) is 7.16. The topological polar surface area (TPSA) is 90.9 Å². The van der Waals surface area contributed by atoms with Gasteiger partial charge in [0.05, 0.1) is 22.1 Å². The summed E-state index contributed by atoms with van der Waals surface area (Å²) >= 11 is 12.0. The molecule has 1 N–H and O–H groups in total.